The SMILES string of the molecule is CN(c1ccccc1)c1ccc([N+](=O)[O-])c(I)c1. The number of nitro groups is 1. The molecule has 0 bridgehead atoms. The van der Waals surface area contributed by atoms with E-state index in [-0.39, 0.29) is 10.6 Å². The minimum Gasteiger partial charge on any atom is -0.345 e. The van der Waals surface area contributed by atoms with Crippen LogP contribution in [0.5, 0.6) is 0 Å². The molecule has 0 heterocycles. The van der Waals surface area contributed by atoms with Gasteiger partial charge in [-0.25, -0.2) is 0 Å². The smallest absolute Gasteiger partial charge is 0.282 e. The summed E-state index contributed by atoms with van der Waals surface area (Å²) in [6.07, 6.45) is 0. The van der Waals surface area contributed by atoms with Gasteiger partial charge in [-0.05, 0) is 46.9 Å². The van der Waals surface area contributed by atoms with Crippen LogP contribution in [0, 0.1) is 13.7 Å². The standard InChI is InChI=1S/C13H11IN2O2/c1-15(10-5-3-2-4-6-10)11-7-8-13(16(17)18)12(14)9-11/h2-9H,1H3. The van der Waals surface area contributed by atoms with Gasteiger partial charge in [0.15, 0.2) is 0 Å². The van der Waals surface area contributed by atoms with Gasteiger partial charge in [0.25, 0.3) is 5.69 Å². The summed E-state index contributed by atoms with van der Waals surface area (Å²) < 4.78 is 0.637. The number of benzene rings is 2. The second-order valence-electron chi connectivity index (χ2n) is 3.79. The Hall–Kier alpha value is -1.63. The van der Waals surface area contributed by atoms with Crippen LogP contribution in [-0.4, -0.2) is 12.0 Å². The highest BCUT2D eigenvalue weighted by Crippen LogP contribution is 2.29. The van der Waals surface area contributed by atoms with Crippen LogP contribution in [0.4, 0.5) is 17.1 Å². The molecule has 2 aromatic carbocycles. The molecule has 2 rings (SSSR count). The lowest BCUT2D eigenvalue weighted by atomic mass is 10.2. The highest BCUT2D eigenvalue weighted by Gasteiger charge is 2.13. The average Bonchev–Trinajstić information content (AvgIpc) is 2.38. The zero-order chi connectivity index (χ0) is 13.1. The summed E-state index contributed by atoms with van der Waals surface area (Å²) in [5.74, 6) is 0. The third kappa shape index (κ3) is 2.61. The number of nitrogens with zero attached hydrogens (tertiary/aromatic N) is 2. The van der Waals surface area contributed by atoms with Crippen molar-refractivity contribution in [2.24, 2.45) is 0 Å². The van der Waals surface area contributed by atoms with Crippen molar-refractivity contribution in [1.82, 2.24) is 0 Å². The molecular weight excluding hydrogens is 343 g/mol. The first-order valence-corrected chi connectivity index (χ1v) is 6.40. The second kappa shape index (κ2) is 5.34. The predicted octanol–water partition coefficient (Wildman–Crippen LogP) is 3.97. The number of nitro benzene ring substituents is 1. The Morgan fingerprint density at radius 2 is 1.78 bits per heavy atom. The van der Waals surface area contributed by atoms with E-state index >= 15 is 0 Å². The fourth-order valence-corrected chi connectivity index (χ4v) is 2.35. The molecule has 0 atom stereocenters. The molecule has 0 N–H and O–H groups in total. The molecule has 18 heavy (non-hydrogen) atoms. The number of para-hydroxylation sites is 1. The maximum Gasteiger partial charge on any atom is 0.282 e. The van der Waals surface area contributed by atoms with Crippen LogP contribution >= 0.6 is 22.6 Å². The molecule has 0 aliphatic carbocycles. The van der Waals surface area contributed by atoms with Gasteiger partial charge in [-0.1, -0.05) is 18.2 Å². The molecule has 0 fully saturated rings. The predicted molar refractivity (Wildman–Crippen MR) is 80.3 cm³/mol. The molecule has 4 nitrogen and oxygen atoms in total. The maximum absolute atomic E-state index is 10.8. The molecule has 0 saturated heterocycles. The largest absolute Gasteiger partial charge is 0.345 e. The lowest BCUT2D eigenvalue weighted by Gasteiger charge is -2.19. The first kappa shape index (κ1) is 12.8. The van der Waals surface area contributed by atoms with Crippen molar-refractivity contribution in [2.75, 3.05) is 11.9 Å². The van der Waals surface area contributed by atoms with Gasteiger partial charge < -0.3 is 4.90 Å². The van der Waals surface area contributed by atoms with Crippen molar-refractivity contribution in [1.29, 1.82) is 0 Å². The summed E-state index contributed by atoms with van der Waals surface area (Å²) in [5, 5.41) is 10.8. The molecule has 0 spiro atoms. The quantitative estimate of drug-likeness (QED) is 0.476. The highest BCUT2D eigenvalue weighted by molar-refractivity contribution is 14.1. The first-order chi connectivity index (χ1) is 8.59. The molecule has 0 unspecified atom stereocenters. The van der Waals surface area contributed by atoms with Crippen molar-refractivity contribution in [2.45, 2.75) is 0 Å². The Bertz CT molecular complexity index is 572. The van der Waals surface area contributed by atoms with Gasteiger partial charge >= 0.3 is 0 Å². The van der Waals surface area contributed by atoms with E-state index in [1.165, 1.54) is 6.07 Å². The van der Waals surface area contributed by atoms with E-state index in [4.69, 9.17) is 0 Å². The van der Waals surface area contributed by atoms with Crippen LogP contribution in [0.25, 0.3) is 0 Å². The zero-order valence-corrected chi connectivity index (χ0v) is 11.9. The van der Waals surface area contributed by atoms with Crippen LogP contribution in [-0.2, 0) is 0 Å². The normalized spacial score (nSPS) is 10.1. The number of hydrogen-bond donors (Lipinski definition) is 0. The Labute approximate surface area is 119 Å². The topological polar surface area (TPSA) is 46.4 Å². The first-order valence-electron chi connectivity index (χ1n) is 5.32. The molecule has 2 aromatic rings. The Morgan fingerprint density at radius 1 is 1.11 bits per heavy atom. The van der Waals surface area contributed by atoms with E-state index in [1.54, 1.807) is 6.07 Å². The molecule has 0 radical (unpaired) electrons. The molecular formula is C13H11IN2O2. The third-order valence-electron chi connectivity index (χ3n) is 2.66. The molecule has 5 heteroatoms. The average molecular weight is 354 g/mol. The third-order valence-corrected chi connectivity index (χ3v) is 3.52. The lowest BCUT2D eigenvalue weighted by molar-refractivity contribution is -0.385. The van der Waals surface area contributed by atoms with Crippen molar-refractivity contribution in [3.8, 4) is 0 Å². The summed E-state index contributed by atoms with van der Waals surface area (Å²) in [4.78, 5) is 12.4. The van der Waals surface area contributed by atoms with Crippen LogP contribution in [0.15, 0.2) is 48.5 Å². The molecule has 0 aromatic heterocycles. The minimum atomic E-state index is -0.367. The van der Waals surface area contributed by atoms with Gasteiger partial charge in [-0.3, -0.25) is 10.1 Å². The van der Waals surface area contributed by atoms with Gasteiger partial charge in [0.1, 0.15) is 0 Å². The van der Waals surface area contributed by atoms with Crippen LogP contribution in [0.3, 0.4) is 0 Å². The molecule has 0 aliphatic rings. The molecule has 0 saturated carbocycles. The molecule has 0 amide bonds. The van der Waals surface area contributed by atoms with E-state index in [1.807, 2.05) is 70.9 Å². The number of anilines is 2. The van der Waals surface area contributed by atoms with E-state index in [9.17, 15) is 10.1 Å². The second-order valence-corrected chi connectivity index (χ2v) is 4.95. The maximum atomic E-state index is 10.8. The summed E-state index contributed by atoms with van der Waals surface area (Å²) in [6, 6.07) is 15.0. The Morgan fingerprint density at radius 3 is 2.33 bits per heavy atom. The van der Waals surface area contributed by atoms with Gasteiger partial charge in [0.2, 0.25) is 0 Å². The summed E-state index contributed by atoms with van der Waals surface area (Å²) in [7, 11) is 1.94. The summed E-state index contributed by atoms with van der Waals surface area (Å²) in [5.41, 5.74) is 2.11. The Balaban J connectivity index is 2.35. The lowest BCUT2D eigenvalue weighted by Crippen LogP contribution is -2.09. The Kier molecular flexibility index (Phi) is 3.81. The van der Waals surface area contributed by atoms with E-state index in [2.05, 4.69) is 0 Å². The van der Waals surface area contributed by atoms with Crippen molar-refractivity contribution < 1.29 is 4.92 Å². The summed E-state index contributed by atoms with van der Waals surface area (Å²) >= 11 is 1.99. The van der Waals surface area contributed by atoms with Gasteiger partial charge in [-0.2, -0.15) is 0 Å². The zero-order valence-electron chi connectivity index (χ0n) is 9.71. The number of halogens is 1. The van der Waals surface area contributed by atoms with Crippen molar-refractivity contribution >= 4 is 39.7 Å². The van der Waals surface area contributed by atoms with Crippen LogP contribution in [0.2, 0.25) is 0 Å². The van der Waals surface area contributed by atoms with Gasteiger partial charge in [-0.15, -0.1) is 0 Å². The monoisotopic (exact) mass is 354 g/mol. The van der Waals surface area contributed by atoms with Gasteiger partial charge in [0, 0.05) is 24.5 Å². The number of hydrogen-bond acceptors (Lipinski definition) is 3. The van der Waals surface area contributed by atoms with Crippen LogP contribution < -0.4 is 4.90 Å². The van der Waals surface area contributed by atoms with Crippen molar-refractivity contribution in [3.05, 3.63) is 62.2 Å². The van der Waals surface area contributed by atoms with Crippen molar-refractivity contribution in [3.63, 3.8) is 0 Å². The molecule has 92 valence electrons. The van der Waals surface area contributed by atoms with Crippen LogP contribution in [0.1, 0.15) is 0 Å². The van der Waals surface area contributed by atoms with E-state index in [0.717, 1.165) is 11.4 Å². The fraction of sp³-hybridized carbons (Fsp3) is 0.0769. The van der Waals surface area contributed by atoms with E-state index in [0.29, 0.717) is 3.57 Å². The molecule has 0 aliphatic heterocycles. The highest BCUT2D eigenvalue weighted by atomic mass is 127. The van der Waals surface area contributed by atoms with Gasteiger partial charge in [0.05, 0.1) is 8.49 Å². The fourth-order valence-electron chi connectivity index (χ4n) is 1.65. The number of rotatable bonds is 3. The summed E-state index contributed by atoms with van der Waals surface area (Å²) in [6.45, 7) is 0. The van der Waals surface area contributed by atoms with E-state index < -0.39 is 0 Å². The minimum absolute atomic E-state index is 0.140.